The van der Waals surface area contributed by atoms with Crippen LogP contribution in [0.3, 0.4) is 0 Å². The van der Waals surface area contributed by atoms with E-state index in [-0.39, 0.29) is 0 Å². The fraction of sp³-hybridized carbons (Fsp3) is 0.455. The third kappa shape index (κ3) is 2.38. The zero-order valence-corrected chi connectivity index (χ0v) is 11.2. The van der Waals surface area contributed by atoms with Gasteiger partial charge in [0.2, 0.25) is 0 Å². The highest BCUT2D eigenvalue weighted by Gasteiger charge is 2.18. The van der Waals surface area contributed by atoms with Crippen LogP contribution in [0.15, 0.2) is 17.8 Å². The van der Waals surface area contributed by atoms with Crippen molar-refractivity contribution in [1.29, 1.82) is 0 Å². The van der Waals surface area contributed by atoms with Gasteiger partial charge in [-0.1, -0.05) is 0 Å². The van der Waals surface area contributed by atoms with Gasteiger partial charge >= 0.3 is 0 Å². The Balaban J connectivity index is 1.82. The minimum Gasteiger partial charge on any atom is -0.306 e. The highest BCUT2D eigenvalue weighted by atomic mass is 32.2. The normalized spacial score (nSPS) is 20.6. The van der Waals surface area contributed by atoms with Gasteiger partial charge in [-0.05, 0) is 0 Å². The molecule has 0 amide bonds. The van der Waals surface area contributed by atoms with Gasteiger partial charge in [0.1, 0.15) is 5.01 Å². The first-order valence-corrected chi connectivity index (χ1v) is 7.62. The number of hydrogen-bond donors (Lipinski definition) is 1. The molecule has 1 aliphatic rings. The molecule has 17 heavy (non-hydrogen) atoms. The van der Waals surface area contributed by atoms with E-state index in [9.17, 15) is 0 Å². The fourth-order valence-electron chi connectivity index (χ4n) is 1.86. The maximum Gasteiger partial charge on any atom is 0.111 e. The largest absolute Gasteiger partial charge is 0.306 e. The van der Waals surface area contributed by atoms with E-state index in [1.807, 2.05) is 35.9 Å². The van der Waals surface area contributed by atoms with Crippen LogP contribution < -0.4 is 5.32 Å². The molecular formula is C11H14N4S2. The Morgan fingerprint density at radius 3 is 3.18 bits per heavy atom. The molecule has 1 atom stereocenters. The lowest BCUT2D eigenvalue weighted by atomic mass is 10.3. The molecule has 1 aliphatic heterocycles. The van der Waals surface area contributed by atoms with Crippen molar-refractivity contribution in [3.05, 3.63) is 22.8 Å². The average Bonchev–Trinajstić information content (AvgIpc) is 2.98. The Kier molecular flexibility index (Phi) is 3.17. The number of aryl methyl sites for hydroxylation is 1. The molecule has 3 rings (SSSR count). The first-order chi connectivity index (χ1) is 8.33. The third-order valence-electron chi connectivity index (χ3n) is 2.74. The molecule has 90 valence electrons. The molecule has 3 heterocycles. The molecule has 0 aromatic carbocycles. The van der Waals surface area contributed by atoms with Gasteiger partial charge in [-0.25, -0.2) is 4.98 Å². The molecule has 1 unspecified atom stereocenters. The van der Waals surface area contributed by atoms with Gasteiger partial charge in [0, 0.05) is 42.2 Å². The van der Waals surface area contributed by atoms with Gasteiger partial charge in [-0.15, -0.1) is 11.3 Å². The summed E-state index contributed by atoms with van der Waals surface area (Å²) in [4.78, 5) is 4.71. The summed E-state index contributed by atoms with van der Waals surface area (Å²) in [5.41, 5.74) is 2.13. The molecule has 1 fully saturated rings. The first-order valence-electron chi connectivity index (χ1n) is 5.58. The zero-order chi connectivity index (χ0) is 11.7. The predicted octanol–water partition coefficient (Wildman–Crippen LogP) is 1.92. The highest BCUT2D eigenvalue weighted by molar-refractivity contribution is 7.99. The van der Waals surface area contributed by atoms with Crippen molar-refractivity contribution in [2.24, 2.45) is 7.05 Å². The maximum absolute atomic E-state index is 4.71. The molecule has 0 aliphatic carbocycles. The van der Waals surface area contributed by atoms with E-state index < -0.39 is 0 Å². The van der Waals surface area contributed by atoms with Crippen LogP contribution in [0.4, 0.5) is 0 Å². The summed E-state index contributed by atoms with van der Waals surface area (Å²) in [7, 11) is 1.93. The van der Waals surface area contributed by atoms with E-state index in [1.165, 1.54) is 10.8 Å². The second-order valence-corrected chi connectivity index (χ2v) is 6.09. The van der Waals surface area contributed by atoms with E-state index in [1.54, 1.807) is 11.3 Å². The number of aromatic nitrogens is 3. The Morgan fingerprint density at radius 1 is 1.53 bits per heavy atom. The highest BCUT2D eigenvalue weighted by Crippen LogP contribution is 2.28. The van der Waals surface area contributed by atoms with Crippen molar-refractivity contribution < 1.29 is 0 Å². The lowest BCUT2D eigenvalue weighted by Crippen LogP contribution is -2.30. The van der Waals surface area contributed by atoms with E-state index in [0.29, 0.717) is 6.04 Å². The molecule has 0 bridgehead atoms. The summed E-state index contributed by atoms with van der Waals surface area (Å²) >= 11 is 3.73. The number of rotatable bonds is 2. The summed E-state index contributed by atoms with van der Waals surface area (Å²) < 4.78 is 1.81. The number of nitrogens with one attached hydrogen (secondary N) is 1. The van der Waals surface area contributed by atoms with E-state index in [4.69, 9.17) is 4.98 Å². The van der Waals surface area contributed by atoms with Gasteiger partial charge < -0.3 is 5.32 Å². The minimum atomic E-state index is 0.421. The van der Waals surface area contributed by atoms with Crippen molar-refractivity contribution >= 4 is 23.1 Å². The van der Waals surface area contributed by atoms with Crippen LogP contribution in [0, 0.1) is 0 Å². The Hall–Kier alpha value is -0.850. The Morgan fingerprint density at radius 2 is 2.47 bits per heavy atom. The molecule has 4 nitrogen and oxygen atoms in total. The van der Waals surface area contributed by atoms with Gasteiger partial charge in [0.25, 0.3) is 0 Å². The molecule has 0 saturated carbocycles. The lowest BCUT2D eigenvalue weighted by molar-refractivity contribution is 0.592. The number of thiazole rings is 1. The summed E-state index contributed by atoms with van der Waals surface area (Å²) in [5.74, 6) is 2.33. The maximum atomic E-state index is 4.71. The summed E-state index contributed by atoms with van der Waals surface area (Å²) in [6.07, 6.45) is 3.86. The second-order valence-electron chi connectivity index (χ2n) is 4.06. The smallest absolute Gasteiger partial charge is 0.111 e. The van der Waals surface area contributed by atoms with E-state index in [0.717, 1.165) is 23.6 Å². The average molecular weight is 266 g/mol. The SMILES string of the molecule is Cn1cc(-c2csc(C3CSCCN3)n2)cn1. The fourth-order valence-corrected chi connectivity index (χ4v) is 3.81. The molecule has 6 heteroatoms. The minimum absolute atomic E-state index is 0.421. The van der Waals surface area contributed by atoms with Crippen LogP contribution in [0.5, 0.6) is 0 Å². The van der Waals surface area contributed by atoms with Gasteiger partial charge in [-0.2, -0.15) is 16.9 Å². The van der Waals surface area contributed by atoms with Crippen LogP contribution in [0.25, 0.3) is 11.3 Å². The van der Waals surface area contributed by atoms with Crippen molar-refractivity contribution in [3.63, 3.8) is 0 Å². The topological polar surface area (TPSA) is 42.7 Å². The lowest BCUT2D eigenvalue weighted by Gasteiger charge is -2.20. The number of thioether (sulfide) groups is 1. The Bertz CT molecular complexity index is 499. The van der Waals surface area contributed by atoms with Crippen molar-refractivity contribution in [2.45, 2.75) is 6.04 Å². The molecule has 2 aromatic rings. The quantitative estimate of drug-likeness (QED) is 0.902. The standard InChI is InChI=1S/C11H14N4S2/c1-15-5-8(4-13-15)9-7-17-11(14-9)10-6-16-3-2-12-10/h4-5,7,10,12H,2-3,6H2,1H3. The summed E-state index contributed by atoms with van der Waals surface area (Å²) in [6.45, 7) is 1.08. The summed E-state index contributed by atoms with van der Waals surface area (Å²) in [5, 5.41) is 11.0. The Labute approximate surface area is 108 Å². The van der Waals surface area contributed by atoms with Crippen molar-refractivity contribution in [3.8, 4) is 11.3 Å². The first kappa shape index (κ1) is 11.3. The monoisotopic (exact) mass is 266 g/mol. The van der Waals surface area contributed by atoms with Crippen LogP contribution >= 0.6 is 23.1 Å². The summed E-state index contributed by atoms with van der Waals surface area (Å²) in [6, 6.07) is 0.421. The van der Waals surface area contributed by atoms with E-state index >= 15 is 0 Å². The van der Waals surface area contributed by atoms with Crippen LogP contribution in [0.1, 0.15) is 11.0 Å². The van der Waals surface area contributed by atoms with Crippen molar-refractivity contribution in [1.82, 2.24) is 20.1 Å². The van der Waals surface area contributed by atoms with Crippen molar-refractivity contribution in [2.75, 3.05) is 18.1 Å². The molecule has 0 spiro atoms. The van der Waals surface area contributed by atoms with Crippen LogP contribution in [-0.2, 0) is 7.05 Å². The second kappa shape index (κ2) is 4.80. The molecular weight excluding hydrogens is 252 g/mol. The number of hydrogen-bond acceptors (Lipinski definition) is 5. The predicted molar refractivity (Wildman–Crippen MR) is 72.4 cm³/mol. The van der Waals surface area contributed by atoms with Crippen LogP contribution in [0.2, 0.25) is 0 Å². The van der Waals surface area contributed by atoms with Gasteiger partial charge in [0.05, 0.1) is 17.9 Å². The van der Waals surface area contributed by atoms with E-state index in [2.05, 4.69) is 15.8 Å². The van der Waals surface area contributed by atoms with Gasteiger partial charge in [0.15, 0.2) is 0 Å². The van der Waals surface area contributed by atoms with Gasteiger partial charge in [-0.3, -0.25) is 4.68 Å². The number of nitrogens with zero attached hydrogens (tertiary/aromatic N) is 3. The molecule has 1 N–H and O–H groups in total. The zero-order valence-electron chi connectivity index (χ0n) is 9.59. The molecule has 2 aromatic heterocycles. The third-order valence-corrected chi connectivity index (χ3v) is 4.76. The molecule has 1 saturated heterocycles. The molecule has 0 radical (unpaired) electrons. The van der Waals surface area contributed by atoms with Crippen LogP contribution in [-0.4, -0.2) is 32.8 Å².